The number of nitrogens with zero attached hydrogens (tertiary/aromatic N) is 6. The average Bonchev–Trinajstić information content (AvgIpc) is 3.54. The van der Waals surface area contributed by atoms with Gasteiger partial charge in [0.15, 0.2) is 16.1 Å². The van der Waals surface area contributed by atoms with Gasteiger partial charge in [0.2, 0.25) is 0 Å². The maximum Gasteiger partial charge on any atom is 0.310 e. The van der Waals surface area contributed by atoms with Gasteiger partial charge in [0.25, 0.3) is 0 Å². The normalized spacial score (nSPS) is 11.1. The lowest BCUT2D eigenvalue weighted by Gasteiger charge is -2.24. The third-order valence-electron chi connectivity index (χ3n) is 6.79. The Labute approximate surface area is 270 Å². The lowest BCUT2D eigenvalue weighted by molar-refractivity contribution is -0.142. The van der Waals surface area contributed by atoms with Crippen LogP contribution in [0.5, 0.6) is 0 Å². The van der Waals surface area contributed by atoms with E-state index in [0.29, 0.717) is 31.5 Å². The monoisotopic (exact) mass is 650 g/mol. The molecule has 3 aromatic carbocycles. The summed E-state index contributed by atoms with van der Waals surface area (Å²) in [6.45, 7) is 3.65. The molecule has 9 nitrogen and oxygen atoms in total. The van der Waals surface area contributed by atoms with Crippen molar-refractivity contribution in [2.45, 2.75) is 42.9 Å². The van der Waals surface area contributed by atoms with Gasteiger partial charge in [-0.3, -0.25) is 9.63 Å². The predicted octanol–water partition coefficient (Wildman–Crippen LogP) is 6.80. The van der Waals surface area contributed by atoms with Crippen LogP contribution in [0.15, 0.2) is 95.2 Å². The predicted molar refractivity (Wildman–Crippen MR) is 172 cm³/mol. The number of benzene rings is 3. The zero-order valence-electron chi connectivity index (χ0n) is 24.4. The molecule has 0 spiro atoms. The van der Waals surface area contributed by atoms with E-state index in [2.05, 4.69) is 51.6 Å². The molecule has 0 saturated carbocycles. The van der Waals surface area contributed by atoms with Gasteiger partial charge in [-0.25, -0.2) is 10.0 Å². The summed E-state index contributed by atoms with van der Waals surface area (Å²) in [5, 5.41) is 11.9. The van der Waals surface area contributed by atoms with Gasteiger partial charge < -0.3 is 13.9 Å². The smallest absolute Gasteiger partial charge is 0.310 e. The fourth-order valence-corrected chi connectivity index (χ4v) is 5.51. The summed E-state index contributed by atoms with van der Waals surface area (Å²) in [6, 6.07) is 26.3. The number of rotatable bonds is 14. The summed E-state index contributed by atoms with van der Waals surface area (Å²) >= 11 is 13.7. The van der Waals surface area contributed by atoms with Crippen LogP contribution in [0.3, 0.4) is 0 Å². The first kappa shape index (κ1) is 31.6. The first-order valence-electron chi connectivity index (χ1n) is 14.1. The van der Waals surface area contributed by atoms with Crippen molar-refractivity contribution in [2.24, 2.45) is 7.05 Å². The summed E-state index contributed by atoms with van der Waals surface area (Å²) < 4.78 is 8.73. The fourth-order valence-electron chi connectivity index (χ4n) is 4.40. The average molecular weight is 652 g/mol. The topological polar surface area (TPSA) is 87.3 Å². The molecule has 2 heterocycles. The zero-order chi connectivity index (χ0) is 30.9. The number of ether oxygens (including phenoxy) is 1. The van der Waals surface area contributed by atoms with Crippen molar-refractivity contribution in [1.82, 2.24) is 24.3 Å². The Morgan fingerprint density at radius 2 is 1.66 bits per heavy atom. The van der Waals surface area contributed by atoms with Crippen molar-refractivity contribution in [3.63, 3.8) is 0 Å². The van der Waals surface area contributed by atoms with Crippen LogP contribution < -0.4 is 5.06 Å². The number of imidazole rings is 1. The molecule has 0 bridgehead atoms. The molecule has 0 amide bonds. The number of carbonyl (C=O) groups is 1. The van der Waals surface area contributed by atoms with Crippen molar-refractivity contribution < 1.29 is 14.4 Å². The molecule has 0 fully saturated rings. The molecule has 0 radical (unpaired) electrons. The largest absolute Gasteiger partial charge is 0.466 e. The molecular weight excluding hydrogens is 619 g/mol. The molecule has 2 aromatic heterocycles. The van der Waals surface area contributed by atoms with Crippen LogP contribution >= 0.6 is 35.0 Å². The van der Waals surface area contributed by atoms with Crippen LogP contribution in [-0.4, -0.2) is 43.5 Å². The summed E-state index contributed by atoms with van der Waals surface area (Å²) in [4.78, 5) is 23.3. The van der Waals surface area contributed by atoms with Gasteiger partial charge in [-0.1, -0.05) is 77.8 Å². The molecule has 0 atom stereocenters. The Bertz CT molecular complexity index is 1660. The Hall–Kier alpha value is -3.83. The molecule has 0 saturated heterocycles. The number of anilines is 1. The Balaban J connectivity index is 1.25. The summed E-state index contributed by atoms with van der Waals surface area (Å²) in [7, 11) is 1.92. The van der Waals surface area contributed by atoms with Crippen LogP contribution in [0.1, 0.15) is 29.4 Å². The van der Waals surface area contributed by atoms with Crippen molar-refractivity contribution in [3.8, 4) is 0 Å². The van der Waals surface area contributed by atoms with E-state index in [9.17, 15) is 4.79 Å². The molecule has 5 aromatic rings. The lowest BCUT2D eigenvalue weighted by Crippen LogP contribution is -2.24. The molecule has 0 unspecified atom stereocenters. The van der Waals surface area contributed by atoms with Crippen LogP contribution in [0.2, 0.25) is 10.3 Å². The summed E-state index contributed by atoms with van der Waals surface area (Å²) in [5.41, 5.74) is 4.08. The van der Waals surface area contributed by atoms with Gasteiger partial charge in [0, 0.05) is 11.9 Å². The number of hydrogen-bond donors (Lipinski definition) is 0. The molecule has 5 rings (SSSR count). The van der Waals surface area contributed by atoms with Crippen molar-refractivity contribution in [2.75, 3.05) is 18.3 Å². The van der Waals surface area contributed by atoms with E-state index in [1.54, 1.807) is 17.8 Å². The second-order valence-corrected chi connectivity index (χ2v) is 11.7. The highest BCUT2D eigenvalue weighted by Gasteiger charge is 2.15. The number of aromatic nitrogens is 5. The maximum atomic E-state index is 11.9. The van der Waals surface area contributed by atoms with Crippen LogP contribution in [0, 0.1) is 0 Å². The molecular formula is C32H32Cl2N6O3S. The first-order valence-corrected chi connectivity index (χ1v) is 15.7. The number of halogens is 2. The SMILES string of the molecule is CCOC(=O)Cc1ccc(N(Cc2ccc(Sc3nnc(Cn4cnc(Cl)c4Cl)n3C)cc2)OCCc2ccccc2)cc1. The van der Waals surface area contributed by atoms with E-state index in [1.807, 2.05) is 59.1 Å². The molecule has 228 valence electrons. The Morgan fingerprint density at radius 3 is 2.34 bits per heavy atom. The minimum Gasteiger partial charge on any atom is -0.466 e. The fraction of sp³-hybridized carbons (Fsp3) is 0.250. The van der Waals surface area contributed by atoms with Gasteiger partial charge >= 0.3 is 5.97 Å². The highest BCUT2D eigenvalue weighted by atomic mass is 35.5. The number of esters is 1. The van der Waals surface area contributed by atoms with E-state index < -0.39 is 0 Å². The van der Waals surface area contributed by atoms with Gasteiger partial charge in [-0.15, -0.1) is 10.2 Å². The van der Waals surface area contributed by atoms with Crippen LogP contribution in [0.25, 0.3) is 0 Å². The van der Waals surface area contributed by atoms with Crippen LogP contribution in [0.4, 0.5) is 5.69 Å². The van der Waals surface area contributed by atoms with Crippen molar-refractivity contribution >= 4 is 46.6 Å². The quantitative estimate of drug-likeness (QED) is 0.0957. The summed E-state index contributed by atoms with van der Waals surface area (Å²) in [5.74, 6) is 0.496. The van der Waals surface area contributed by atoms with E-state index in [-0.39, 0.29) is 17.5 Å². The minimum absolute atomic E-state index is 0.237. The summed E-state index contributed by atoms with van der Waals surface area (Å²) in [6.07, 6.45) is 2.60. The molecule has 0 aliphatic rings. The number of hydrogen-bond acceptors (Lipinski definition) is 8. The highest BCUT2D eigenvalue weighted by molar-refractivity contribution is 7.99. The molecule has 0 aliphatic heterocycles. The van der Waals surface area contributed by atoms with Crippen molar-refractivity contribution in [1.29, 1.82) is 0 Å². The molecule has 12 heteroatoms. The minimum atomic E-state index is -0.237. The standard InChI is InChI=1S/C32H32Cl2N6O3S/c1-3-42-29(41)19-24-9-13-26(14-10-24)40(43-18-17-23-7-5-4-6-8-23)20-25-11-15-27(16-12-25)44-32-37-36-28(38(32)2)21-39-22-35-30(33)31(39)34/h4-16,22H,3,17-21H2,1-2H3. The van der Waals surface area contributed by atoms with Crippen LogP contribution in [-0.2, 0) is 47.3 Å². The third kappa shape index (κ3) is 8.41. The number of hydroxylamine groups is 1. The van der Waals surface area contributed by atoms with Crippen molar-refractivity contribution in [3.05, 3.63) is 118 Å². The second kappa shape index (κ2) is 15.3. The highest BCUT2D eigenvalue weighted by Crippen LogP contribution is 2.28. The zero-order valence-corrected chi connectivity index (χ0v) is 26.7. The molecule has 44 heavy (non-hydrogen) atoms. The third-order valence-corrected chi connectivity index (χ3v) is 8.60. The van der Waals surface area contributed by atoms with Gasteiger partial charge in [-0.05, 0) is 66.1 Å². The molecule has 0 N–H and O–H groups in total. The molecule has 0 aliphatic carbocycles. The van der Waals surface area contributed by atoms with E-state index >= 15 is 0 Å². The second-order valence-electron chi connectivity index (χ2n) is 9.91. The van der Waals surface area contributed by atoms with E-state index in [0.717, 1.165) is 39.1 Å². The first-order chi connectivity index (χ1) is 21.4. The Morgan fingerprint density at radius 1 is 0.932 bits per heavy atom. The number of carbonyl (C=O) groups excluding carboxylic acids is 1. The Kier molecular flexibility index (Phi) is 11.0. The lowest BCUT2D eigenvalue weighted by atomic mass is 10.1. The van der Waals surface area contributed by atoms with E-state index in [1.165, 1.54) is 17.3 Å². The van der Waals surface area contributed by atoms with Gasteiger partial charge in [0.05, 0.1) is 44.7 Å². The maximum absolute atomic E-state index is 11.9. The van der Waals surface area contributed by atoms with E-state index in [4.69, 9.17) is 32.8 Å². The van der Waals surface area contributed by atoms with Gasteiger partial charge in [-0.2, -0.15) is 0 Å². The van der Waals surface area contributed by atoms with Gasteiger partial charge in [0.1, 0.15) is 5.15 Å².